The fraction of sp³-hybridized carbons (Fsp3) is 0.345. The van der Waals surface area contributed by atoms with Gasteiger partial charge in [0.05, 0.1) is 5.56 Å². The summed E-state index contributed by atoms with van der Waals surface area (Å²) in [5.74, 6) is 0.544. The van der Waals surface area contributed by atoms with E-state index in [1.807, 2.05) is 37.4 Å². The molecule has 1 N–H and O–H groups in total. The van der Waals surface area contributed by atoms with Gasteiger partial charge in [-0.3, -0.25) is 9.69 Å². The van der Waals surface area contributed by atoms with E-state index in [1.165, 1.54) is 11.3 Å². The van der Waals surface area contributed by atoms with Crippen molar-refractivity contribution in [2.75, 3.05) is 39.5 Å². The molecule has 192 valence electrons. The van der Waals surface area contributed by atoms with Crippen molar-refractivity contribution in [2.45, 2.75) is 25.3 Å². The van der Waals surface area contributed by atoms with Crippen LogP contribution in [0.1, 0.15) is 40.4 Å². The standard InChI is InChI=1S/C29H34N6O2/c1-30-23-9-10-27(35(37)18-23)25-11-14-31-28-26(25)17-24(33(28)4)19-34-15-12-21(13-16-34)20-5-7-22(8-6-20)29(36)32(2)3/h5-11,14,17-18,21,30H,12-13,15-16,19H2,1-4H3. The number of carbonyl (C=O) groups excluding carboxylic acids is 1. The summed E-state index contributed by atoms with van der Waals surface area (Å²) < 4.78 is 3.06. The number of nitrogens with zero attached hydrogens (tertiary/aromatic N) is 5. The van der Waals surface area contributed by atoms with Crippen LogP contribution in [-0.4, -0.2) is 59.5 Å². The molecule has 8 nitrogen and oxygen atoms in total. The Morgan fingerprint density at radius 3 is 2.51 bits per heavy atom. The molecule has 0 bridgehead atoms. The average molecular weight is 499 g/mol. The molecule has 0 aliphatic carbocycles. The smallest absolute Gasteiger partial charge is 0.253 e. The van der Waals surface area contributed by atoms with Gasteiger partial charge in [0.1, 0.15) is 11.3 Å². The minimum Gasteiger partial charge on any atom is -0.618 e. The Morgan fingerprint density at radius 1 is 1.14 bits per heavy atom. The first-order chi connectivity index (χ1) is 17.9. The monoisotopic (exact) mass is 498 g/mol. The van der Waals surface area contributed by atoms with E-state index in [-0.39, 0.29) is 5.91 Å². The minimum absolute atomic E-state index is 0.0361. The molecule has 0 saturated carbocycles. The predicted octanol–water partition coefficient (Wildman–Crippen LogP) is 4.00. The van der Waals surface area contributed by atoms with Crippen LogP contribution >= 0.6 is 0 Å². The van der Waals surface area contributed by atoms with E-state index in [0.29, 0.717) is 11.6 Å². The van der Waals surface area contributed by atoms with Crippen molar-refractivity contribution in [2.24, 2.45) is 7.05 Å². The van der Waals surface area contributed by atoms with Crippen LogP contribution in [0.5, 0.6) is 0 Å². The summed E-state index contributed by atoms with van der Waals surface area (Å²) in [5, 5.41) is 16.7. The largest absolute Gasteiger partial charge is 0.618 e. The Bertz CT molecular complexity index is 1420. The van der Waals surface area contributed by atoms with E-state index in [4.69, 9.17) is 0 Å². The molecule has 1 amide bonds. The summed E-state index contributed by atoms with van der Waals surface area (Å²) in [5.41, 5.74) is 6.39. The number of fused-ring (bicyclic) bond motifs is 1. The number of aryl methyl sites for hydroxylation is 1. The van der Waals surface area contributed by atoms with E-state index in [1.54, 1.807) is 38.4 Å². The minimum atomic E-state index is 0.0361. The highest BCUT2D eigenvalue weighted by molar-refractivity contribution is 5.94. The molecule has 3 aromatic heterocycles. The van der Waals surface area contributed by atoms with E-state index in [2.05, 4.69) is 38.0 Å². The third kappa shape index (κ3) is 4.89. The number of benzene rings is 1. The van der Waals surface area contributed by atoms with Gasteiger partial charge in [-0.1, -0.05) is 12.1 Å². The second kappa shape index (κ2) is 10.2. The Hall–Kier alpha value is -3.91. The maximum absolute atomic E-state index is 12.7. The molecule has 1 fully saturated rings. The molecule has 1 aromatic carbocycles. The van der Waals surface area contributed by atoms with Gasteiger partial charge in [0, 0.05) is 63.6 Å². The number of nitrogens with one attached hydrogen (secondary N) is 1. The van der Waals surface area contributed by atoms with Crippen molar-refractivity contribution >= 4 is 22.6 Å². The van der Waals surface area contributed by atoms with Gasteiger partial charge in [-0.15, -0.1) is 0 Å². The van der Waals surface area contributed by atoms with Crippen LogP contribution in [0, 0.1) is 5.21 Å². The van der Waals surface area contributed by atoms with Crippen molar-refractivity contribution < 1.29 is 9.52 Å². The zero-order valence-corrected chi connectivity index (χ0v) is 21.9. The van der Waals surface area contributed by atoms with Crippen molar-refractivity contribution in [3.8, 4) is 11.3 Å². The molecular weight excluding hydrogens is 464 g/mol. The zero-order chi connectivity index (χ0) is 26.1. The first-order valence-electron chi connectivity index (χ1n) is 12.7. The number of anilines is 1. The summed E-state index contributed by atoms with van der Waals surface area (Å²) in [7, 11) is 7.41. The number of rotatable bonds is 6. The molecular formula is C29H34N6O2. The van der Waals surface area contributed by atoms with Crippen LogP contribution in [-0.2, 0) is 13.6 Å². The molecule has 37 heavy (non-hydrogen) atoms. The topological polar surface area (TPSA) is 80.3 Å². The summed E-state index contributed by atoms with van der Waals surface area (Å²) in [6, 6.07) is 16.0. The molecule has 1 aliphatic rings. The lowest BCUT2D eigenvalue weighted by molar-refractivity contribution is -0.592. The molecule has 8 heteroatoms. The second-order valence-electron chi connectivity index (χ2n) is 10.0. The lowest BCUT2D eigenvalue weighted by atomic mass is 9.89. The van der Waals surface area contributed by atoms with E-state index < -0.39 is 0 Å². The molecule has 5 rings (SSSR count). The second-order valence-corrected chi connectivity index (χ2v) is 10.0. The molecule has 1 saturated heterocycles. The molecule has 0 radical (unpaired) electrons. The van der Waals surface area contributed by atoms with Gasteiger partial charge in [0.25, 0.3) is 5.91 Å². The first-order valence-corrected chi connectivity index (χ1v) is 12.7. The number of hydrogen-bond donors (Lipinski definition) is 1. The Kier molecular flexibility index (Phi) is 6.84. The lowest BCUT2D eigenvalue weighted by Crippen LogP contribution is -2.33. The molecule has 0 unspecified atom stereocenters. The van der Waals surface area contributed by atoms with Crippen molar-refractivity contribution in [1.82, 2.24) is 19.4 Å². The van der Waals surface area contributed by atoms with Crippen LogP contribution in [0.15, 0.2) is 60.9 Å². The van der Waals surface area contributed by atoms with Gasteiger partial charge in [0.2, 0.25) is 11.9 Å². The van der Waals surface area contributed by atoms with E-state index in [0.717, 1.165) is 65.1 Å². The summed E-state index contributed by atoms with van der Waals surface area (Å²) >= 11 is 0. The lowest BCUT2D eigenvalue weighted by Gasteiger charge is -2.32. The van der Waals surface area contributed by atoms with Crippen molar-refractivity contribution in [1.29, 1.82) is 0 Å². The molecule has 4 heterocycles. The predicted molar refractivity (Wildman–Crippen MR) is 146 cm³/mol. The molecule has 4 aromatic rings. The number of piperidine rings is 1. The summed E-state index contributed by atoms with van der Waals surface area (Å²) in [6.07, 6.45) is 5.50. The van der Waals surface area contributed by atoms with Gasteiger partial charge in [-0.05, 0) is 67.7 Å². The van der Waals surface area contributed by atoms with Crippen molar-refractivity contribution in [3.05, 3.63) is 83.0 Å². The van der Waals surface area contributed by atoms with E-state index >= 15 is 0 Å². The quantitative estimate of drug-likeness (QED) is 0.321. The fourth-order valence-electron chi connectivity index (χ4n) is 5.29. The maximum Gasteiger partial charge on any atom is 0.253 e. The Balaban J connectivity index is 1.30. The molecule has 0 atom stereocenters. The van der Waals surface area contributed by atoms with Crippen LogP contribution in [0.3, 0.4) is 0 Å². The van der Waals surface area contributed by atoms with Gasteiger partial charge in [-0.2, -0.15) is 4.73 Å². The SMILES string of the molecule is CNc1ccc(-c2ccnc3c2cc(CN2CCC(c4ccc(C(=O)N(C)C)cc4)CC2)n3C)[n+]([O-])c1. The highest BCUT2D eigenvalue weighted by Gasteiger charge is 2.23. The number of likely N-dealkylation sites (tertiary alicyclic amines) is 1. The van der Waals surface area contributed by atoms with Gasteiger partial charge < -0.3 is 20.0 Å². The van der Waals surface area contributed by atoms with Crippen LogP contribution < -0.4 is 10.0 Å². The Labute approximate surface area is 217 Å². The number of carbonyl (C=O) groups is 1. The summed E-state index contributed by atoms with van der Waals surface area (Å²) in [4.78, 5) is 20.9. The average Bonchev–Trinajstić information content (AvgIpc) is 3.24. The first kappa shape index (κ1) is 24.8. The maximum atomic E-state index is 12.7. The van der Waals surface area contributed by atoms with Crippen LogP contribution in [0.4, 0.5) is 5.69 Å². The Morgan fingerprint density at radius 2 is 1.86 bits per heavy atom. The van der Waals surface area contributed by atoms with Gasteiger partial charge >= 0.3 is 0 Å². The van der Waals surface area contributed by atoms with E-state index in [9.17, 15) is 10.0 Å². The number of amides is 1. The number of pyridine rings is 2. The number of aromatic nitrogens is 3. The number of hydrogen-bond acceptors (Lipinski definition) is 5. The van der Waals surface area contributed by atoms with Crippen molar-refractivity contribution in [3.63, 3.8) is 0 Å². The third-order valence-corrected chi connectivity index (χ3v) is 7.52. The third-order valence-electron chi connectivity index (χ3n) is 7.52. The summed E-state index contributed by atoms with van der Waals surface area (Å²) in [6.45, 7) is 2.86. The van der Waals surface area contributed by atoms with Crippen LogP contribution in [0.2, 0.25) is 0 Å². The van der Waals surface area contributed by atoms with Crippen LogP contribution in [0.25, 0.3) is 22.3 Å². The highest BCUT2D eigenvalue weighted by atomic mass is 16.5. The fourth-order valence-corrected chi connectivity index (χ4v) is 5.29. The van der Waals surface area contributed by atoms with Gasteiger partial charge in [0.15, 0.2) is 0 Å². The zero-order valence-electron chi connectivity index (χ0n) is 21.9. The highest BCUT2D eigenvalue weighted by Crippen LogP contribution is 2.31. The normalized spacial score (nSPS) is 14.7. The molecule has 0 spiro atoms. The molecule has 1 aliphatic heterocycles. The van der Waals surface area contributed by atoms with Gasteiger partial charge in [-0.25, -0.2) is 4.98 Å².